The van der Waals surface area contributed by atoms with Gasteiger partial charge in [0, 0.05) is 83.2 Å². The van der Waals surface area contributed by atoms with E-state index < -0.39 is 0 Å². The van der Waals surface area contributed by atoms with Crippen molar-refractivity contribution in [3.8, 4) is 0 Å². The van der Waals surface area contributed by atoms with E-state index in [0.29, 0.717) is 35.0 Å². The molecule has 0 fully saturated rings. The van der Waals surface area contributed by atoms with Crippen molar-refractivity contribution in [1.29, 1.82) is 0 Å². The molecular formula is C38H26N4O3S3. The van der Waals surface area contributed by atoms with Crippen molar-refractivity contribution in [3.05, 3.63) is 164 Å². The fourth-order valence-corrected chi connectivity index (χ4v) is 7.57. The lowest BCUT2D eigenvalue weighted by Gasteiger charge is -2.10. The summed E-state index contributed by atoms with van der Waals surface area (Å²) in [6, 6.07) is 27.1. The highest BCUT2D eigenvalue weighted by atomic mass is 32.1. The van der Waals surface area contributed by atoms with Crippen LogP contribution in [0.4, 0.5) is 0 Å². The van der Waals surface area contributed by atoms with Gasteiger partial charge in [-0.05, 0) is 109 Å². The summed E-state index contributed by atoms with van der Waals surface area (Å²) in [7, 11) is 0. The average Bonchev–Trinajstić information content (AvgIpc) is 3.94. The Hall–Kier alpha value is -5.29. The van der Waals surface area contributed by atoms with Crippen LogP contribution in [0.25, 0.3) is 22.3 Å². The molecule has 0 spiro atoms. The summed E-state index contributed by atoms with van der Waals surface area (Å²) in [5, 5.41) is 4.98. The summed E-state index contributed by atoms with van der Waals surface area (Å²) in [5.74, 6) is 0. The molecule has 0 aliphatic carbocycles. The molecule has 4 aliphatic rings. The summed E-state index contributed by atoms with van der Waals surface area (Å²) in [4.78, 5) is 14.9. The Balaban J connectivity index is 1.43. The monoisotopic (exact) mass is 682 g/mol. The van der Waals surface area contributed by atoms with Gasteiger partial charge in [-0.15, -0.1) is 0 Å². The third-order valence-corrected chi connectivity index (χ3v) is 9.95. The van der Waals surface area contributed by atoms with Gasteiger partial charge in [-0.3, -0.25) is 0 Å². The zero-order valence-corrected chi connectivity index (χ0v) is 27.8. The topological polar surface area (TPSA) is 90.8 Å². The Morgan fingerprint density at radius 3 is 1.10 bits per heavy atom. The van der Waals surface area contributed by atoms with Crippen molar-refractivity contribution >= 4 is 74.1 Å². The van der Waals surface area contributed by atoms with Gasteiger partial charge in [-0.2, -0.15) is 0 Å². The first-order chi connectivity index (χ1) is 23.5. The van der Waals surface area contributed by atoms with E-state index >= 15 is 0 Å². The number of benzene rings is 1. The second kappa shape index (κ2) is 11.4. The first-order valence-corrected chi connectivity index (χ1v) is 16.7. The van der Waals surface area contributed by atoms with Gasteiger partial charge in [0.05, 0.1) is 0 Å². The largest absolute Gasteiger partial charge is 0.479 e. The smallest absolute Gasteiger partial charge is 0.192 e. The van der Waals surface area contributed by atoms with E-state index in [0.717, 1.165) is 88.7 Å². The van der Waals surface area contributed by atoms with Gasteiger partial charge >= 0.3 is 0 Å². The third kappa shape index (κ3) is 4.71. The van der Waals surface area contributed by atoms with E-state index in [4.69, 9.17) is 50.9 Å². The van der Waals surface area contributed by atoms with Crippen LogP contribution in [0.15, 0.2) is 114 Å². The van der Waals surface area contributed by atoms with Crippen molar-refractivity contribution in [2.24, 2.45) is 0 Å². The first-order valence-electron chi connectivity index (χ1n) is 15.5. The highest BCUT2D eigenvalue weighted by Gasteiger charge is 2.26. The number of hydrogen-bond acceptors (Lipinski definition) is 6. The fraction of sp³-hybridized carbons (Fsp3) is 0.0789. The summed E-state index contributed by atoms with van der Waals surface area (Å²) in [6.07, 6.45) is 6.08. The van der Waals surface area contributed by atoms with Crippen molar-refractivity contribution in [3.63, 3.8) is 0 Å². The molecule has 5 aromatic rings. The van der Waals surface area contributed by atoms with Crippen LogP contribution in [0, 0.1) is 0 Å². The minimum atomic E-state index is 0.418. The summed E-state index contributed by atoms with van der Waals surface area (Å²) >= 11 is 17.1. The lowest BCUT2D eigenvalue weighted by atomic mass is 10.0. The standard InChI is InChI=1S/C38H26N4O3S3/c46-36-21(14-17-43-36)33-26-8-6-24(39-26)32(20-4-2-1-3-5-20)25-7-9-27(40-25)34(22-15-18-44-37(22)47)29-11-13-31(42-29)35(23-16-19-45-38(23)48)30-12-10-28(33)41-30/h1-16,39-42H,17-19H2. The quantitative estimate of drug-likeness (QED) is 0.215. The molecule has 4 N–H and O–H groups in total. The van der Waals surface area contributed by atoms with Gasteiger partial charge in [-0.25, -0.2) is 0 Å². The molecule has 0 saturated carbocycles. The molecule has 4 aliphatic heterocycles. The number of rotatable bonds is 4. The fourth-order valence-electron chi connectivity index (χ4n) is 6.81. The zero-order valence-electron chi connectivity index (χ0n) is 25.3. The highest BCUT2D eigenvalue weighted by Crippen LogP contribution is 2.31. The van der Waals surface area contributed by atoms with Crippen LogP contribution in [-0.4, -0.2) is 54.9 Å². The van der Waals surface area contributed by atoms with Gasteiger partial charge in [0.2, 0.25) is 0 Å². The van der Waals surface area contributed by atoms with E-state index in [9.17, 15) is 0 Å². The Morgan fingerprint density at radius 2 is 0.750 bits per heavy atom. The number of fused-ring (bicyclic) bond motifs is 8. The maximum Gasteiger partial charge on any atom is 0.192 e. The number of aromatic amines is 4. The maximum absolute atomic E-state index is 5.76. The van der Waals surface area contributed by atoms with Crippen molar-refractivity contribution in [2.75, 3.05) is 19.8 Å². The molecule has 4 aromatic heterocycles. The summed E-state index contributed by atoms with van der Waals surface area (Å²) < 4.78 is 17.3. The van der Waals surface area contributed by atoms with Gasteiger partial charge < -0.3 is 34.1 Å². The molecule has 9 rings (SSSR count). The second-order valence-corrected chi connectivity index (χ2v) is 12.8. The molecule has 0 unspecified atom stereocenters. The SMILES string of the molecule is S=C1OCC=C1C1=c2ccc([nH]2)=C(C2=CCOC2=S)c2ccc([nH]2)C(c2ccccc2)=c2ccc([nH]2)=C(C2=CCOC2=S)c2ccc1[nH]2. The third-order valence-electron chi connectivity index (χ3n) is 8.93. The predicted molar refractivity (Wildman–Crippen MR) is 197 cm³/mol. The maximum atomic E-state index is 5.76. The van der Waals surface area contributed by atoms with Gasteiger partial charge in [0.25, 0.3) is 0 Å². The van der Waals surface area contributed by atoms with Gasteiger partial charge in [0.1, 0.15) is 19.8 Å². The normalized spacial score (nSPS) is 17.3. The zero-order chi connectivity index (χ0) is 32.4. The number of thiocarbonyl (C=S) groups is 3. The molecule has 0 radical (unpaired) electrons. The highest BCUT2D eigenvalue weighted by molar-refractivity contribution is 7.81. The molecule has 234 valence electrons. The molecule has 7 nitrogen and oxygen atoms in total. The summed E-state index contributed by atoms with van der Waals surface area (Å²) in [5.41, 5.74) is 11.0. The van der Waals surface area contributed by atoms with Crippen molar-refractivity contribution in [2.45, 2.75) is 0 Å². The minimum absolute atomic E-state index is 0.418. The molecule has 8 heterocycles. The Morgan fingerprint density at radius 1 is 0.396 bits per heavy atom. The molecular weight excluding hydrogens is 657 g/mol. The lowest BCUT2D eigenvalue weighted by Crippen LogP contribution is -2.21. The number of H-pyrrole nitrogens is 4. The van der Waals surface area contributed by atoms with E-state index in [1.165, 1.54) is 0 Å². The van der Waals surface area contributed by atoms with Crippen LogP contribution in [-0.2, 0) is 14.2 Å². The van der Waals surface area contributed by atoms with Crippen LogP contribution < -0.4 is 21.4 Å². The Labute approximate surface area is 290 Å². The molecule has 0 atom stereocenters. The molecule has 48 heavy (non-hydrogen) atoms. The van der Waals surface area contributed by atoms with Crippen molar-refractivity contribution in [1.82, 2.24) is 19.9 Å². The van der Waals surface area contributed by atoms with E-state index in [-0.39, 0.29) is 0 Å². The van der Waals surface area contributed by atoms with Crippen molar-refractivity contribution < 1.29 is 14.2 Å². The van der Waals surface area contributed by atoms with Crippen LogP contribution in [0.5, 0.6) is 0 Å². The Kier molecular flexibility index (Phi) is 6.89. The van der Waals surface area contributed by atoms with Gasteiger partial charge in [-0.1, -0.05) is 30.3 Å². The average molecular weight is 683 g/mol. The molecule has 10 heteroatoms. The number of hydrogen-bond donors (Lipinski definition) is 4. The predicted octanol–water partition coefficient (Wildman–Crippen LogP) is 4.01. The Bertz CT molecular complexity index is 2570. The summed E-state index contributed by atoms with van der Waals surface area (Å²) in [6.45, 7) is 1.27. The van der Waals surface area contributed by atoms with E-state index in [1.54, 1.807) is 0 Å². The van der Waals surface area contributed by atoms with E-state index in [2.05, 4.69) is 80.6 Å². The lowest BCUT2D eigenvalue weighted by molar-refractivity contribution is 0.375. The molecule has 8 bridgehead atoms. The van der Waals surface area contributed by atoms with Crippen LogP contribution >= 0.6 is 36.7 Å². The minimum Gasteiger partial charge on any atom is -0.479 e. The van der Waals surface area contributed by atoms with Crippen LogP contribution in [0.3, 0.4) is 0 Å². The number of nitrogens with one attached hydrogen (secondary N) is 4. The first kappa shape index (κ1) is 28.9. The van der Waals surface area contributed by atoms with E-state index in [1.807, 2.05) is 36.4 Å². The van der Waals surface area contributed by atoms with Gasteiger partial charge in [0.15, 0.2) is 15.2 Å². The molecule has 0 amide bonds. The number of ether oxygens (including phenoxy) is 3. The van der Waals surface area contributed by atoms with Crippen LogP contribution in [0.2, 0.25) is 0 Å². The number of aromatic nitrogens is 4. The molecule has 0 saturated heterocycles. The second-order valence-electron chi connectivity index (χ2n) is 11.7. The molecule has 1 aromatic carbocycles. The van der Waals surface area contributed by atoms with Crippen LogP contribution in [0.1, 0.15) is 28.3 Å².